The van der Waals surface area contributed by atoms with Crippen molar-refractivity contribution in [3.8, 4) is 0 Å². The van der Waals surface area contributed by atoms with Crippen LogP contribution in [0.1, 0.15) is 15.9 Å². The van der Waals surface area contributed by atoms with E-state index < -0.39 is 0 Å². The molecule has 0 atom stereocenters. The third-order valence-electron chi connectivity index (χ3n) is 4.06. The molecule has 0 fully saturated rings. The van der Waals surface area contributed by atoms with Crippen LogP contribution in [0.2, 0.25) is 0 Å². The SMILES string of the molecule is COC(=O)c1ccc(Nc2ncnc(N(C)Cc3ccccc3)c2N)cc1. The predicted molar refractivity (Wildman–Crippen MR) is 106 cm³/mol. The van der Waals surface area contributed by atoms with Gasteiger partial charge in [-0.05, 0) is 29.8 Å². The second-order valence-corrected chi connectivity index (χ2v) is 6.00. The standard InChI is InChI=1S/C20H21N5O2/c1-25(12-14-6-4-3-5-7-14)19-17(21)18(22-13-23-19)24-16-10-8-15(9-11-16)20(26)27-2/h3-11,13H,12,21H2,1-2H3,(H,22,23,24). The fraction of sp³-hybridized carbons (Fsp3) is 0.150. The molecule has 0 bridgehead atoms. The number of ether oxygens (including phenoxy) is 1. The minimum absolute atomic E-state index is 0.382. The van der Waals surface area contributed by atoms with Crippen molar-refractivity contribution >= 4 is 29.0 Å². The van der Waals surface area contributed by atoms with Gasteiger partial charge in [0.1, 0.15) is 12.0 Å². The minimum Gasteiger partial charge on any atom is -0.465 e. The Balaban J connectivity index is 1.77. The summed E-state index contributed by atoms with van der Waals surface area (Å²) < 4.78 is 4.70. The van der Waals surface area contributed by atoms with E-state index in [1.165, 1.54) is 13.4 Å². The van der Waals surface area contributed by atoms with Crippen molar-refractivity contribution in [2.24, 2.45) is 0 Å². The lowest BCUT2D eigenvalue weighted by molar-refractivity contribution is 0.0601. The molecule has 0 amide bonds. The van der Waals surface area contributed by atoms with Crippen LogP contribution >= 0.6 is 0 Å². The minimum atomic E-state index is -0.382. The van der Waals surface area contributed by atoms with Crippen LogP contribution in [0.15, 0.2) is 60.9 Å². The first-order valence-electron chi connectivity index (χ1n) is 8.39. The maximum absolute atomic E-state index is 11.5. The Bertz CT molecular complexity index is 913. The third kappa shape index (κ3) is 4.33. The smallest absolute Gasteiger partial charge is 0.337 e. The van der Waals surface area contributed by atoms with Gasteiger partial charge in [-0.1, -0.05) is 30.3 Å². The molecule has 7 nitrogen and oxygen atoms in total. The molecule has 2 aromatic carbocycles. The van der Waals surface area contributed by atoms with Gasteiger partial charge in [-0.15, -0.1) is 0 Å². The Kier molecular flexibility index (Phi) is 5.51. The molecule has 7 heteroatoms. The van der Waals surface area contributed by atoms with E-state index in [0.29, 0.717) is 29.4 Å². The van der Waals surface area contributed by atoms with Crippen LogP contribution in [-0.4, -0.2) is 30.1 Å². The number of carbonyl (C=O) groups is 1. The molecular formula is C20H21N5O2. The molecule has 1 heterocycles. The van der Waals surface area contributed by atoms with E-state index in [1.54, 1.807) is 24.3 Å². The van der Waals surface area contributed by atoms with E-state index in [9.17, 15) is 4.79 Å². The monoisotopic (exact) mass is 363 g/mol. The van der Waals surface area contributed by atoms with Crippen molar-refractivity contribution in [3.05, 3.63) is 72.1 Å². The predicted octanol–water partition coefficient (Wildman–Crippen LogP) is 3.23. The number of nitrogens with one attached hydrogen (secondary N) is 1. The lowest BCUT2D eigenvalue weighted by Crippen LogP contribution is -2.20. The van der Waals surface area contributed by atoms with Gasteiger partial charge in [-0.3, -0.25) is 0 Å². The highest BCUT2D eigenvalue weighted by Crippen LogP contribution is 2.28. The van der Waals surface area contributed by atoms with Gasteiger partial charge in [0.15, 0.2) is 11.6 Å². The van der Waals surface area contributed by atoms with Crippen molar-refractivity contribution in [2.75, 3.05) is 30.1 Å². The molecule has 0 saturated heterocycles. The van der Waals surface area contributed by atoms with E-state index in [4.69, 9.17) is 10.5 Å². The molecular weight excluding hydrogens is 342 g/mol. The summed E-state index contributed by atoms with van der Waals surface area (Å²) in [4.78, 5) is 22.0. The second-order valence-electron chi connectivity index (χ2n) is 6.00. The summed E-state index contributed by atoms with van der Waals surface area (Å²) in [5.74, 6) is 0.765. The molecule has 3 N–H and O–H groups in total. The Morgan fingerprint density at radius 1 is 1.11 bits per heavy atom. The van der Waals surface area contributed by atoms with Gasteiger partial charge in [0.05, 0.1) is 12.7 Å². The molecule has 0 radical (unpaired) electrons. The first-order valence-corrected chi connectivity index (χ1v) is 8.39. The number of nitrogens with two attached hydrogens (primary N) is 1. The molecule has 1 aromatic heterocycles. The lowest BCUT2D eigenvalue weighted by Gasteiger charge is -2.21. The fourth-order valence-electron chi connectivity index (χ4n) is 2.67. The number of nitrogens with zero attached hydrogens (tertiary/aromatic N) is 3. The Hall–Kier alpha value is -3.61. The van der Waals surface area contributed by atoms with Crippen LogP contribution < -0.4 is 16.0 Å². The van der Waals surface area contributed by atoms with Gasteiger partial charge in [0, 0.05) is 19.3 Å². The zero-order valence-electron chi connectivity index (χ0n) is 15.2. The van der Waals surface area contributed by atoms with Gasteiger partial charge in [0.2, 0.25) is 0 Å². The average molecular weight is 363 g/mol. The Morgan fingerprint density at radius 3 is 2.48 bits per heavy atom. The third-order valence-corrected chi connectivity index (χ3v) is 4.06. The molecule has 0 unspecified atom stereocenters. The number of nitrogen functional groups attached to an aromatic ring is 1. The van der Waals surface area contributed by atoms with Gasteiger partial charge in [0.25, 0.3) is 0 Å². The average Bonchev–Trinajstić information content (AvgIpc) is 2.70. The summed E-state index contributed by atoms with van der Waals surface area (Å²) in [6.07, 6.45) is 1.47. The quantitative estimate of drug-likeness (QED) is 0.649. The summed E-state index contributed by atoms with van der Waals surface area (Å²) >= 11 is 0. The maximum atomic E-state index is 11.5. The van der Waals surface area contributed by atoms with Crippen LogP contribution in [-0.2, 0) is 11.3 Å². The molecule has 0 aliphatic rings. The summed E-state index contributed by atoms with van der Waals surface area (Å²) in [6, 6.07) is 17.0. The number of hydrogen-bond acceptors (Lipinski definition) is 7. The zero-order valence-corrected chi connectivity index (χ0v) is 15.2. The number of benzene rings is 2. The van der Waals surface area contributed by atoms with Crippen molar-refractivity contribution in [3.63, 3.8) is 0 Å². The van der Waals surface area contributed by atoms with Gasteiger partial charge >= 0.3 is 5.97 Å². The van der Waals surface area contributed by atoms with Crippen LogP contribution in [0.4, 0.5) is 23.0 Å². The maximum Gasteiger partial charge on any atom is 0.337 e. The first-order chi connectivity index (χ1) is 13.1. The largest absolute Gasteiger partial charge is 0.465 e. The first kappa shape index (κ1) is 18.2. The number of rotatable bonds is 6. The molecule has 0 aliphatic carbocycles. The van der Waals surface area contributed by atoms with Crippen molar-refractivity contribution < 1.29 is 9.53 Å². The van der Waals surface area contributed by atoms with E-state index >= 15 is 0 Å². The fourth-order valence-corrected chi connectivity index (χ4v) is 2.67. The van der Waals surface area contributed by atoms with E-state index in [2.05, 4.69) is 27.4 Å². The normalized spacial score (nSPS) is 10.3. The van der Waals surface area contributed by atoms with E-state index in [0.717, 1.165) is 11.3 Å². The van der Waals surface area contributed by atoms with Crippen molar-refractivity contribution in [1.82, 2.24) is 9.97 Å². The number of hydrogen-bond donors (Lipinski definition) is 2. The van der Waals surface area contributed by atoms with Crippen molar-refractivity contribution in [2.45, 2.75) is 6.54 Å². The highest BCUT2D eigenvalue weighted by atomic mass is 16.5. The van der Waals surface area contributed by atoms with Crippen LogP contribution in [0.3, 0.4) is 0 Å². The number of esters is 1. The van der Waals surface area contributed by atoms with Crippen LogP contribution in [0, 0.1) is 0 Å². The summed E-state index contributed by atoms with van der Waals surface area (Å²) in [5, 5.41) is 3.16. The summed E-state index contributed by atoms with van der Waals surface area (Å²) in [7, 11) is 3.28. The van der Waals surface area contributed by atoms with E-state index in [1.807, 2.05) is 30.1 Å². The zero-order chi connectivity index (χ0) is 19.2. The number of carbonyl (C=O) groups excluding carboxylic acids is 1. The molecule has 0 aliphatic heterocycles. The number of methoxy groups -OCH3 is 1. The molecule has 0 saturated carbocycles. The summed E-state index contributed by atoms with van der Waals surface area (Å²) in [6.45, 7) is 0.676. The number of aromatic nitrogens is 2. The molecule has 3 rings (SSSR count). The highest BCUT2D eigenvalue weighted by molar-refractivity contribution is 5.90. The van der Waals surface area contributed by atoms with Gasteiger partial charge in [-0.25, -0.2) is 14.8 Å². The van der Waals surface area contributed by atoms with Crippen LogP contribution in [0.5, 0.6) is 0 Å². The molecule has 3 aromatic rings. The molecule has 138 valence electrons. The topological polar surface area (TPSA) is 93.4 Å². The van der Waals surface area contributed by atoms with Crippen molar-refractivity contribution in [1.29, 1.82) is 0 Å². The lowest BCUT2D eigenvalue weighted by atomic mass is 10.2. The van der Waals surface area contributed by atoms with E-state index in [-0.39, 0.29) is 5.97 Å². The van der Waals surface area contributed by atoms with Crippen LogP contribution in [0.25, 0.3) is 0 Å². The molecule has 27 heavy (non-hydrogen) atoms. The summed E-state index contributed by atoms with van der Waals surface area (Å²) in [5.41, 5.74) is 9.12. The Morgan fingerprint density at radius 2 is 1.81 bits per heavy atom. The van der Waals surface area contributed by atoms with Gasteiger partial charge in [-0.2, -0.15) is 0 Å². The highest BCUT2D eigenvalue weighted by Gasteiger charge is 2.13. The second kappa shape index (κ2) is 8.18. The Labute approximate surface area is 157 Å². The van der Waals surface area contributed by atoms with Gasteiger partial charge < -0.3 is 20.7 Å². The molecule has 0 spiro atoms. The number of anilines is 4.